The van der Waals surface area contributed by atoms with Crippen molar-refractivity contribution in [2.75, 3.05) is 7.11 Å². The molecule has 4 nitrogen and oxygen atoms in total. The summed E-state index contributed by atoms with van der Waals surface area (Å²) in [7, 11) is 1.66. The van der Waals surface area contributed by atoms with Crippen molar-refractivity contribution in [3.05, 3.63) is 76.5 Å². The van der Waals surface area contributed by atoms with E-state index in [9.17, 15) is 0 Å². The standard InChI is InChI=1S/C20H16BrN3O/c1-25-16-4-2-3-14(12-16)20-23-17-9-10-22-18(19(17)24-20)11-13-5-7-15(21)8-6-13/h2-10,12H,11H2,1H3,(H,23,24). The fraction of sp³-hybridized carbons (Fsp3) is 0.100. The van der Waals surface area contributed by atoms with Crippen molar-refractivity contribution >= 4 is 27.0 Å². The van der Waals surface area contributed by atoms with Gasteiger partial charge in [-0.3, -0.25) is 4.98 Å². The number of halogens is 1. The summed E-state index contributed by atoms with van der Waals surface area (Å²) in [5.74, 6) is 1.63. The number of benzene rings is 2. The molecule has 25 heavy (non-hydrogen) atoms. The zero-order chi connectivity index (χ0) is 17.2. The van der Waals surface area contributed by atoms with Gasteiger partial charge in [0, 0.05) is 22.7 Å². The molecule has 0 saturated carbocycles. The number of hydrogen-bond acceptors (Lipinski definition) is 3. The van der Waals surface area contributed by atoms with Crippen LogP contribution in [0.15, 0.2) is 65.3 Å². The Hall–Kier alpha value is -2.66. The van der Waals surface area contributed by atoms with Gasteiger partial charge in [-0.25, -0.2) is 4.98 Å². The van der Waals surface area contributed by atoms with Crippen LogP contribution in [0.5, 0.6) is 5.75 Å². The number of hydrogen-bond donors (Lipinski definition) is 1. The van der Waals surface area contributed by atoms with Crippen molar-refractivity contribution in [3.63, 3.8) is 0 Å². The Bertz CT molecular complexity index is 1020. The van der Waals surface area contributed by atoms with Crippen LogP contribution in [0.1, 0.15) is 11.3 Å². The number of imidazole rings is 1. The number of rotatable bonds is 4. The van der Waals surface area contributed by atoms with Crippen LogP contribution in [-0.4, -0.2) is 22.1 Å². The van der Waals surface area contributed by atoms with Crippen LogP contribution in [0, 0.1) is 0 Å². The molecule has 0 fully saturated rings. The molecule has 0 amide bonds. The summed E-state index contributed by atoms with van der Waals surface area (Å²) in [5.41, 5.74) is 5.05. The van der Waals surface area contributed by atoms with E-state index in [1.807, 2.05) is 48.7 Å². The van der Waals surface area contributed by atoms with E-state index in [0.29, 0.717) is 0 Å². The van der Waals surface area contributed by atoms with E-state index in [1.165, 1.54) is 5.56 Å². The largest absolute Gasteiger partial charge is 0.497 e. The molecule has 5 heteroatoms. The molecule has 0 bridgehead atoms. The number of aromatic amines is 1. The van der Waals surface area contributed by atoms with Crippen LogP contribution < -0.4 is 4.74 Å². The summed E-state index contributed by atoms with van der Waals surface area (Å²) >= 11 is 3.47. The highest BCUT2D eigenvalue weighted by Crippen LogP contribution is 2.26. The fourth-order valence-electron chi connectivity index (χ4n) is 2.82. The maximum atomic E-state index is 5.30. The number of nitrogens with zero attached hydrogens (tertiary/aromatic N) is 2. The third-order valence-electron chi connectivity index (χ3n) is 4.10. The minimum absolute atomic E-state index is 0.743. The summed E-state index contributed by atoms with van der Waals surface area (Å²) in [5, 5.41) is 0. The molecular formula is C20H16BrN3O. The lowest BCUT2D eigenvalue weighted by Gasteiger charge is -2.02. The van der Waals surface area contributed by atoms with Crippen molar-refractivity contribution in [2.24, 2.45) is 0 Å². The van der Waals surface area contributed by atoms with E-state index in [1.54, 1.807) is 7.11 Å². The highest BCUT2D eigenvalue weighted by atomic mass is 79.9. The molecule has 4 aromatic rings. The molecule has 124 valence electrons. The van der Waals surface area contributed by atoms with Gasteiger partial charge in [0.25, 0.3) is 0 Å². The number of H-pyrrole nitrogens is 1. The maximum absolute atomic E-state index is 5.30. The second-order valence-electron chi connectivity index (χ2n) is 5.77. The summed E-state index contributed by atoms with van der Waals surface area (Å²) in [6.45, 7) is 0. The van der Waals surface area contributed by atoms with Gasteiger partial charge in [-0.05, 0) is 35.9 Å². The quantitative estimate of drug-likeness (QED) is 0.531. The Morgan fingerprint density at radius 3 is 2.72 bits per heavy atom. The first kappa shape index (κ1) is 15.8. The molecule has 2 aromatic carbocycles. The van der Waals surface area contributed by atoms with Crippen LogP contribution in [0.2, 0.25) is 0 Å². The first-order chi connectivity index (χ1) is 12.2. The second-order valence-corrected chi connectivity index (χ2v) is 6.69. The molecular weight excluding hydrogens is 378 g/mol. The molecule has 0 aliphatic rings. The van der Waals surface area contributed by atoms with Crippen LogP contribution >= 0.6 is 15.9 Å². The van der Waals surface area contributed by atoms with Crippen LogP contribution in [0.4, 0.5) is 0 Å². The number of fused-ring (bicyclic) bond motifs is 1. The van der Waals surface area contributed by atoms with Crippen LogP contribution in [-0.2, 0) is 6.42 Å². The van der Waals surface area contributed by atoms with Crippen molar-refractivity contribution in [1.82, 2.24) is 15.0 Å². The van der Waals surface area contributed by atoms with Gasteiger partial charge >= 0.3 is 0 Å². The molecule has 2 aromatic heterocycles. The highest BCUT2D eigenvalue weighted by Gasteiger charge is 2.11. The van der Waals surface area contributed by atoms with E-state index in [0.717, 1.165) is 44.8 Å². The van der Waals surface area contributed by atoms with E-state index in [-0.39, 0.29) is 0 Å². The molecule has 0 unspecified atom stereocenters. The Morgan fingerprint density at radius 2 is 1.92 bits per heavy atom. The monoisotopic (exact) mass is 393 g/mol. The SMILES string of the molecule is COc1cccc(-c2nc3c(Cc4ccc(Br)cc4)nccc3[nH]2)c1. The molecule has 2 heterocycles. The molecule has 0 saturated heterocycles. The summed E-state index contributed by atoms with van der Waals surface area (Å²) < 4.78 is 6.38. The topological polar surface area (TPSA) is 50.8 Å². The molecule has 4 rings (SSSR count). The van der Waals surface area contributed by atoms with E-state index >= 15 is 0 Å². The van der Waals surface area contributed by atoms with Crippen molar-refractivity contribution in [2.45, 2.75) is 6.42 Å². The van der Waals surface area contributed by atoms with Gasteiger partial charge < -0.3 is 9.72 Å². The summed E-state index contributed by atoms with van der Waals surface area (Å²) in [6.07, 6.45) is 2.57. The van der Waals surface area contributed by atoms with Crippen molar-refractivity contribution < 1.29 is 4.74 Å². The van der Waals surface area contributed by atoms with Gasteiger partial charge in [-0.2, -0.15) is 0 Å². The maximum Gasteiger partial charge on any atom is 0.138 e. The van der Waals surface area contributed by atoms with Gasteiger partial charge in [0.15, 0.2) is 0 Å². The molecule has 0 atom stereocenters. The van der Waals surface area contributed by atoms with Gasteiger partial charge in [0.1, 0.15) is 17.1 Å². The van der Waals surface area contributed by atoms with Crippen molar-refractivity contribution in [1.29, 1.82) is 0 Å². The smallest absolute Gasteiger partial charge is 0.138 e. The lowest BCUT2D eigenvalue weighted by Crippen LogP contribution is -1.93. The number of nitrogens with one attached hydrogen (secondary N) is 1. The van der Waals surface area contributed by atoms with Gasteiger partial charge in [-0.15, -0.1) is 0 Å². The minimum Gasteiger partial charge on any atom is -0.497 e. The predicted molar refractivity (Wildman–Crippen MR) is 103 cm³/mol. The zero-order valence-corrected chi connectivity index (χ0v) is 15.2. The van der Waals surface area contributed by atoms with E-state index < -0.39 is 0 Å². The first-order valence-electron chi connectivity index (χ1n) is 7.95. The lowest BCUT2D eigenvalue weighted by atomic mass is 10.1. The summed E-state index contributed by atoms with van der Waals surface area (Å²) in [4.78, 5) is 12.7. The average molecular weight is 394 g/mol. The molecule has 0 aliphatic carbocycles. The Labute approximate surface area is 154 Å². The highest BCUT2D eigenvalue weighted by molar-refractivity contribution is 9.10. The minimum atomic E-state index is 0.743. The lowest BCUT2D eigenvalue weighted by molar-refractivity contribution is 0.415. The van der Waals surface area contributed by atoms with E-state index in [2.05, 4.69) is 38.0 Å². The van der Waals surface area contributed by atoms with E-state index in [4.69, 9.17) is 9.72 Å². The zero-order valence-electron chi connectivity index (χ0n) is 13.7. The average Bonchev–Trinajstić information content (AvgIpc) is 3.09. The number of ether oxygens (including phenoxy) is 1. The number of methoxy groups -OCH3 is 1. The normalized spacial score (nSPS) is 11.0. The predicted octanol–water partition coefficient (Wildman–Crippen LogP) is 4.99. The van der Waals surface area contributed by atoms with Gasteiger partial charge in [0.2, 0.25) is 0 Å². The number of aromatic nitrogens is 3. The first-order valence-corrected chi connectivity index (χ1v) is 8.75. The third kappa shape index (κ3) is 3.28. The Morgan fingerprint density at radius 1 is 1.08 bits per heavy atom. The molecule has 1 N–H and O–H groups in total. The molecule has 0 aliphatic heterocycles. The van der Waals surface area contributed by atoms with Gasteiger partial charge in [-0.1, -0.05) is 40.2 Å². The number of pyridine rings is 1. The van der Waals surface area contributed by atoms with Crippen LogP contribution in [0.3, 0.4) is 0 Å². The fourth-order valence-corrected chi connectivity index (χ4v) is 3.09. The Kier molecular flexibility index (Phi) is 4.24. The van der Waals surface area contributed by atoms with Crippen LogP contribution in [0.25, 0.3) is 22.4 Å². The molecule has 0 spiro atoms. The van der Waals surface area contributed by atoms with Gasteiger partial charge in [0.05, 0.1) is 18.3 Å². The third-order valence-corrected chi connectivity index (χ3v) is 4.63. The Balaban J connectivity index is 1.74. The molecule has 0 radical (unpaired) electrons. The van der Waals surface area contributed by atoms with Crippen molar-refractivity contribution in [3.8, 4) is 17.1 Å². The second kappa shape index (κ2) is 6.69. The summed E-state index contributed by atoms with van der Waals surface area (Å²) in [6, 6.07) is 18.1.